The van der Waals surface area contributed by atoms with Crippen molar-refractivity contribution in [1.29, 1.82) is 0 Å². The Morgan fingerprint density at radius 2 is 2.30 bits per heavy atom. The third-order valence-electron chi connectivity index (χ3n) is 1.96. The summed E-state index contributed by atoms with van der Waals surface area (Å²) in [4.78, 5) is 4.46. The van der Waals surface area contributed by atoms with Crippen molar-refractivity contribution >= 4 is 5.84 Å². The van der Waals surface area contributed by atoms with Gasteiger partial charge in [0.15, 0.2) is 0 Å². The van der Waals surface area contributed by atoms with Crippen LogP contribution in [0, 0.1) is 0 Å². The lowest BCUT2D eigenvalue weighted by Crippen LogP contribution is -2.30. The van der Waals surface area contributed by atoms with Crippen LogP contribution in [0.4, 0.5) is 0 Å². The smallest absolute Gasteiger partial charge is 0.0938 e. The second-order valence-electron chi connectivity index (χ2n) is 3.00. The van der Waals surface area contributed by atoms with Crippen molar-refractivity contribution in [2.75, 3.05) is 0 Å². The molecule has 2 atom stereocenters. The topological polar surface area (TPSA) is 24.4 Å². The van der Waals surface area contributed by atoms with Gasteiger partial charge in [-0.05, 0) is 20.3 Å². The average Bonchev–Trinajstić information content (AvgIpc) is 2.13. The second kappa shape index (κ2) is 3.04. The summed E-state index contributed by atoms with van der Waals surface area (Å²) in [5.41, 5.74) is 0. The molecule has 0 unspecified atom stereocenters. The molecular weight excluding hydrogens is 124 g/mol. The summed E-state index contributed by atoms with van der Waals surface area (Å²) in [7, 11) is 0. The van der Waals surface area contributed by atoms with Gasteiger partial charge in [-0.25, -0.2) is 0 Å². The summed E-state index contributed by atoms with van der Waals surface area (Å²) < 4.78 is 0. The monoisotopic (exact) mass is 140 g/mol. The zero-order valence-electron chi connectivity index (χ0n) is 7.02. The van der Waals surface area contributed by atoms with Gasteiger partial charge in [0.2, 0.25) is 0 Å². The van der Waals surface area contributed by atoms with E-state index in [-0.39, 0.29) is 0 Å². The highest BCUT2D eigenvalue weighted by Gasteiger charge is 2.20. The minimum atomic E-state index is 0.532. The quantitative estimate of drug-likeness (QED) is 0.618. The molecule has 1 heterocycles. The van der Waals surface area contributed by atoms with Crippen LogP contribution < -0.4 is 5.32 Å². The highest BCUT2D eigenvalue weighted by molar-refractivity contribution is 5.81. The fourth-order valence-corrected chi connectivity index (χ4v) is 1.43. The third kappa shape index (κ3) is 1.49. The summed E-state index contributed by atoms with van der Waals surface area (Å²) in [6.07, 6.45) is 2.44. The van der Waals surface area contributed by atoms with Gasteiger partial charge in [-0.1, -0.05) is 13.3 Å². The van der Waals surface area contributed by atoms with Crippen molar-refractivity contribution in [3.63, 3.8) is 0 Å². The Morgan fingerprint density at radius 3 is 2.70 bits per heavy atom. The SMILES string of the molecule is CCC[C@@H]1N=C(C)N[C@@H]1C. The first-order valence-electron chi connectivity index (χ1n) is 4.05. The van der Waals surface area contributed by atoms with E-state index in [0.29, 0.717) is 12.1 Å². The highest BCUT2D eigenvalue weighted by atomic mass is 15.1. The van der Waals surface area contributed by atoms with E-state index in [1.54, 1.807) is 0 Å². The standard InChI is InChI=1S/C8H16N2/c1-4-5-8-6(2)9-7(3)10-8/h6,8H,4-5H2,1-3H3,(H,9,10)/t6-,8+/m1/s1. The summed E-state index contributed by atoms with van der Waals surface area (Å²) in [5, 5.41) is 3.30. The van der Waals surface area contributed by atoms with Gasteiger partial charge in [-0.3, -0.25) is 4.99 Å². The first kappa shape index (κ1) is 7.58. The first-order valence-corrected chi connectivity index (χ1v) is 4.05. The van der Waals surface area contributed by atoms with Gasteiger partial charge in [-0.2, -0.15) is 0 Å². The first-order chi connectivity index (χ1) is 4.74. The van der Waals surface area contributed by atoms with E-state index in [2.05, 4.69) is 24.2 Å². The van der Waals surface area contributed by atoms with Crippen LogP contribution in [0.5, 0.6) is 0 Å². The van der Waals surface area contributed by atoms with Gasteiger partial charge in [0, 0.05) is 6.04 Å². The van der Waals surface area contributed by atoms with Crippen molar-refractivity contribution in [3.8, 4) is 0 Å². The fourth-order valence-electron chi connectivity index (χ4n) is 1.43. The summed E-state index contributed by atoms with van der Waals surface area (Å²) >= 11 is 0. The normalized spacial score (nSPS) is 31.7. The van der Waals surface area contributed by atoms with Crippen molar-refractivity contribution in [3.05, 3.63) is 0 Å². The Bertz CT molecular complexity index is 140. The molecule has 1 N–H and O–H groups in total. The molecule has 0 bridgehead atoms. The molecule has 0 saturated heterocycles. The van der Waals surface area contributed by atoms with Gasteiger partial charge >= 0.3 is 0 Å². The number of rotatable bonds is 2. The van der Waals surface area contributed by atoms with Crippen LogP contribution in [0.1, 0.15) is 33.6 Å². The molecule has 1 aliphatic rings. The fraction of sp³-hybridized carbons (Fsp3) is 0.875. The van der Waals surface area contributed by atoms with Crippen molar-refractivity contribution in [2.45, 2.75) is 45.7 Å². The maximum atomic E-state index is 4.46. The minimum Gasteiger partial charge on any atom is -0.369 e. The molecule has 10 heavy (non-hydrogen) atoms. The molecule has 2 nitrogen and oxygen atoms in total. The highest BCUT2D eigenvalue weighted by Crippen LogP contribution is 2.11. The van der Waals surface area contributed by atoms with E-state index in [9.17, 15) is 0 Å². The Kier molecular flexibility index (Phi) is 2.30. The molecule has 0 aromatic rings. The predicted octanol–water partition coefficient (Wildman–Crippen LogP) is 1.57. The number of nitrogens with one attached hydrogen (secondary N) is 1. The molecular formula is C8H16N2. The van der Waals surface area contributed by atoms with Gasteiger partial charge in [-0.15, -0.1) is 0 Å². The number of aliphatic imine (C=N–C) groups is 1. The molecule has 0 fully saturated rings. The lowest BCUT2D eigenvalue weighted by molar-refractivity contribution is 0.522. The molecule has 2 heteroatoms. The molecule has 0 aliphatic carbocycles. The van der Waals surface area contributed by atoms with E-state index in [1.165, 1.54) is 12.8 Å². The summed E-state index contributed by atoms with van der Waals surface area (Å²) in [6.45, 7) is 6.43. The van der Waals surface area contributed by atoms with Crippen LogP contribution in [-0.2, 0) is 0 Å². The van der Waals surface area contributed by atoms with Gasteiger partial charge in [0.1, 0.15) is 0 Å². The van der Waals surface area contributed by atoms with E-state index < -0.39 is 0 Å². The van der Waals surface area contributed by atoms with Crippen LogP contribution in [-0.4, -0.2) is 17.9 Å². The van der Waals surface area contributed by atoms with Gasteiger partial charge in [0.05, 0.1) is 11.9 Å². The maximum Gasteiger partial charge on any atom is 0.0938 e. The second-order valence-corrected chi connectivity index (χ2v) is 3.00. The molecule has 0 saturated carbocycles. The minimum absolute atomic E-state index is 0.532. The molecule has 0 amide bonds. The summed E-state index contributed by atoms with van der Waals surface area (Å²) in [5.74, 6) is 1.10. The predicted molar refractivity (Wildman–Crippen MR) is 44.4 cm³/mol. The van der Waals surface area contributed by atoms with Gasteiger partial charge < -0.3 is 5.32 Å². The molecule has 1 aliphatic heterocycles. The Balaban J connectivity index is 2.44. The average molecular weight is 140 g/mol. The Morgan fingerprint density at radius 1 is 1.60 bits per heavy atom. The zero-order valence-corrected chi connectivity index (χ0v) is 7.02. The van der Waals surface area contributed by atoms with Crippen molar-refractivity contribution in [2.24, 2.45) is 4.99 Å². The lowest BCUT2D eigenvalue weighted by atomic mass is 10.1. The number of amidine groups is 1. The third-order valence-corrected chi connectivity index (χ3v) is 1.96. The van der Waals surface area contributed by atoms with Crippen molar-refractivity contribution in [1.82, 2.24) is 5.32 Å². The molecule has 0 aromatic carbocycles. The Hall–Kier alpha value is -0.530. The maximum absolute atomic E-state index is 4.46. The molecule has 0 radical (unpaired) electrons. The Labute approximate surface area is 62.7 Å². The number of hydrogen-bond acceptors (Lipinski definition) is 2. The van der Waals surface area contributed by atoms with E-state index in [0.717, 1.165) is 5.84 Å². The van der Waals surface area contributed by atoms with E-state index >= 15 is 0 Å². The molecule has 58 valence electrons. The van der Waals surface area contributed by atoms with E-state index in [1.807, 2.05) is 6.92 Å². The molecule has 0 spiro atoms. The molecule has 0 aromatic heterocycles. The van der Waals surface area contributed by atoms with E-state index in [4.69, 9.17) is 0 Å². The van der Waals surface area contributed by atoms with Crippen molar-refractivity contribution < 1.29 is 0 Å². The van der Waals surface area contributed by atoms with Crippen LogP contribution >= 0.6 is 0 Å². The number of hydrogen-bond donors (Lipinski definition) is 1. The van der Waals surface area contributed by atoms with Crippen LogP contribution in [0.25, 0.3) is 0 Å². The van der Waals surface area contributed by atoms with Crippen LogP contribution in [0.2, 0.25) is 0 Å². The zero-order chi connectivity index (χ0) is 7.56. The van der Waals surface area contributed by atoms with Crippen LogP contribution in [0.15, 0.2) is 4.99 Å². The lowest BCUT2D eigenvalue weighted by Gasteiger charge is -2.11. The number of nitrogens with zero attached hydrogens (tertiary/aromatic N) is 1. The molecule has 1 rings (SSSR count). The largest absolute Gasteiger partial charge is 0.369 e. The van der Waals surface area contributed by atoms with Gasteiger partial charge in [0.25, 0.3) is 0 Å². The summed E-state index contributed by atoms with van der Waals surface area (Å²) in [6, 6.07) is 1.09. The van der Waals surface area contributed by atoms with Crippen LogP contribution in [0.3, 0.4) is 0 Å².